The van der Waals surface area contributed by atoms with Gasteiger partial charge in [0, 0.05) is 18.0 Å². The van der Waals surface area contributed by atoms with Gasteiger partial charge < -0.3 is 9.84 Å². The van der Waals surface area contributed by atoms with Crippen molar-refractivity contribution in [2.75, 3.05) is 7.05 Å². The lowest BCUT2D eigenvalue weighted by molar-refractivity contribution is -0.120. The molecule has 1 fully saturated rings. The second-order valence-electron chi connectivity index (χ2n) is 4.90. The number of likely N-dealkylation sites (N-methyl/N-ethyl adjacent to an activating group) is 1. The number of aromatic nitrogens is 2. The average molecular weight is 292 g/mol. The predicted octanol–water partition coefficient (Wildman–Crippen LogP) is 2.28. The highest BCUT2D eigenvalue weighted by molar-refractivity contribution is 6.30. The van der Waals surface area contributed by atoms with Crippen molar-refractivity contribution in [1.29, 1.82) is 0 Å². The van der Waals surface area contributed by atoms with Gasteiger partial charge in [0.25, 0.3) is 0 Å². The first kappa shape index (κ1) is 13.1. The van der Waals surface area contributed by atoms with Gasteiger partial charge in [0.05, 0.1) is 6.42 Å². The Balaban J connectivity index is 1.69. The smallest absolute Gasteiger partial charge is 0.230 e. The molecule has 1 amide bonds. The fraction of sp³-hybridized carbons (Fsp3) is 0.357. The zero-order valence-corrected chi connectivity index (χ0v) is 11.7. The molecule has 1 heterocycles. The van der Waals surface area contributed by atoms with E-state index in [4.69, 9.17) is 16.1 Å². The minimum Gasteiger partial charge on any atom is -0.359 e. The quantitative estimate of drug-likeness (QED) is 0.938. The van der Waals surface area contributed by atoms with Crippen LogP contribution in [0.3, 0.4) is 0 Å². The van der Waals surface area contributed by atoms with Crippen LogP contribution in [0.5, 0.6) is 0 Å². The van der Waals surface area contributed by atoms with Crippen LogP contribution in [0, 0.1) is 0 Å². The Hall–Kier alpha value is -1.88. The van der Waals surface area contributed by atoms with Crippen LogP contribution >= 0.6 is 11.6 Å². The van der Waals surface area contributed by atoms with E-state index in [2.05, 4.69) is 21.5 Å². The largest absolute Gasteiger partial charge is 0.359 e. The molecule has 0 bridgehead atoms. The second kappa shape index (κ2) is 5.25. The molecule has 0 radical (unpaired) electrons. The molecular formula is C14H14ClN3O2. The number of nitrogens with one attached hydrogen (secondary N) is 1. The summed E-state index contributed by atoms with van der Waals surface area (Å²) in [7, 11) is 1.58. The van der Waals surface area contributed by atoms with Gasteiger partial charge in [-0.2, -0.15) is 4.98 Å². The van der Waals surface area contributed by atoms with Crippen molar-refractivity contribution in [2.24, 2.45) is 0 Å². The van der Waals surface area contributed by atoms with Crippen molar-refractivity contribution in [2.45, 2.75) is 24.7 Å². The molecule has 1 saturated carbocycles. The third-order valence-corrected chi connectivity index (χ3v) is 3.70. The molecule has 3 rings (SSSR count). The van der Waals surface area contributed by atoms with Gasteiger partial charge in [-0.05, 0) is 30.0 Å². The molecular weight excluding hydrogens is 278 g/mol. The van der Waals surface area contributed by atoms with Crippen molar-refractivity contribution in [3.8, 4) is 0 Å². The van der Waals surface area contributed by atoms with Gasteiger partial charge >= 0.3 is 0 Å². The van der Waals surface area contributed by atoms with Gasteiger partial charge in [-0.1, -0.05) is 28.9 Å². The molecule has 1 aliphatic rings. The number of carbonyl (C=O) groups is 1. The van der Waals surface area contributed by atoms with Gasteiger partial charge in [0.1, 0.15) is 0 Å². The zero-order chi connectivity index (χ0) is 14.1. The Bertz CT molecular complexity index is 641. The van der Waals surface area contributed by atoms with E-state index in [-0.39, 0.29) is 18.2 Å². The summed E-state index contributed by atoms with van der Waals surface area (Å²) in [6.45, 7) is 0. The first-order chi connectivity index (χ1) is 9.67. The zero-order valence-electron chi connectivity index (χ0n) is 11.0. The number of halogens is 1. The van der Waals surface area contributed by atoms with Crippen LogP contribution in [0.1, 0.15) is 35.5 Å². The standard InChI is InChI=1S/C14H14ClN3O2/c1-16-13(19)7-12-17-14(20-18-12)11-6-10(11)8-3-2-4-9(15)5-8/h2-5,10-11H,6-7H2,1H3,(H,16,19)/t10-,11+/m0/s1. The van der Waals surface area contributed by atoms with Crippen LogP contribution in [0.2, 0.25) is 5.02 Å². The summed E-state index contributed by atoms with van der Waals surface area (Å²) >= 11 is 5.99. The number of hydrogen-bond donors (Lipinski definition) is 1. The summed E-state index contributed by atoms with van der Waals surface area (Å²) in [5.74, 6) is 1.52. The van der Waals surface area contributed by atoms with Crippen molar-refractivity contribution >= 4 is 17.5 Å². The van der Waals surface area contributed by atoms with E-state index in [1.165, 1.54) is 5.56 Å². The van der Waals surface area contributed by atoms with Crippen molar-refractivity contribution in [3.05, 3.63) is 46.6 Å². The summed E-state index contributed by atoms with van der Waals surface area (Å²) in [5.41, 5.74) is 1.19. The highest BCUT2D eigenvalue weighted by Crippen LogP contribution is 2.54. The SMILES string of the molecule is CNC(=O)Cc1noc([C@@H]2C[C@H]2c2cccc(Cl)c2)n1. The summed E-state index contributed by atoms with van der Waals surface area (Å²) in [5, 5.41) is 7.11. The number of nitrogens with zero attached hydrogens (tertiary/aromatic N) is 2. The van der Waals surface area contributed by atoms with E-state index in [1.807, 2.05) is 18.2 Å². The molecule has 20 heavy (non-hydrogen) atoms. The van der Waals surface area contributed by atoms with E-state index in [0.29, 0.717) is 17.6 Å². The molecule has 1 N–H and O–H groups in total. The Morgan fingerprint density at radius 1 is 1.50 bits per heavy atom. The van der Waals surface area contributed by atoms with Crippen LogP contribution in [0.4, 0.5) is 0 Å². The first-order valence-corrected chi connectivity index (χ1v) is 6.83. The molecule has 1 aromatic carbocycles. The summed E-state index contributed by atoms with van der Waals surface area (Å²) in [6, 6.07) is 7.82. The molecule has 2 aromatic rings. The van der Waals surface area contributed by atoms with Crippen LogP contribution in [0.15, 0.2) is 28.8 Å². The molecule has 0 unspecified atom stereocenters. The van der Waals surface area contributed by atoms with E-state index in [0.717, 1.165) is 11.4 Å². The number of amides is 1. The van der Waals surface area contributed by atoms with Crippen LogP contribution in [0.25, 0.3) is 0 Å². The summed E-state index contributed by atoms with van der Waals surface area (Å²) in [4.78, 5) is 15.5. The Labute approximate surface area is 121 Å². The van der Waals surface area contributed by atoms with E-state index < -0.39 is 0 Å². The van der Waals surface area contributed by atoms with Crippen molar-refractivity contribution in [3.63, 3.8) is 0 Å². The fourth-order valence-electron chi connectivity index (χ4n) is 2.30. The highest BCUT2D eigenvalue weighted by Gasteiger charge is 2.43. The van der Waals surface area contributed by atoms with Gasteiger partial charge in [0.15, 0.2) is 5.82 Å². The minimum absolute atomic E-state index is 0.125. The Kier molecular flexibility index (Phi) is 3.44. The number of carbonyl (C=O) groups excluding carboxylic acids is 1. The number of benzene rings is 1. The van der Waals surface area contributed by atoms with Crippen molar-refractivity contribution in [1.82, 2.24) is 15.5 Å². The lowest BCUT2D eigenvalue weighted by Crippen LogP contribution is -2.20. The van der Waals surface area contributed by atoms with Crippen LogP contribution in [-0.2, 0) is 11.2 Å². The fourth-order valence-corrected chi connectivity index (χ4v) is 2.49. The van der Waals surface area contributed by atoms with Crippen LogP contribution < -0.4 is 5.32 Å². The van der Waals surface area contributed by atoms with Crippen molar-refractivity contribution < 1.29 is 9.32 Å². The second-order valence-corrected chi connectivity index (χ2v) is 5.34. The number of rotatable bonds is 4. The molecule has 0 saturated heterocycles. The molecule has 0 aliphatic heterocycles. The lowest BCUT2D eigenvalue weighted by Gasteiger charge is -1.98. The Morgan fingerprint density at radius 3 is 3.10 bits per heavy atom. The summed E-state index contributed by atoms with van der Waals surface area (Å²) < 4.78 is 5.24. The molecule has 0 spiro atoms. The Morgan fingerprint density at radius 2 is 2.35 bits per heavy atom. The molecule has 2 atom stereocenters. The maximum atomic E-state index is 11.3. The first-order valence-electron chi connectivity index (χ1n) is 6.46. The molecule has 6 heteroatoms. The van der Waals surface area contributed by atoms with E-state index >= 15 is 0 Å². The predicted molar refractivity (Wildman–Crippen MR) is 73.6 cm³/mol. The third kappa shape index (κ3) is 2.67. The van der Waals surface area contributed by atoms with Gasteiger partial charge in [-0.3, -0.25) is 4.79 Å². The summed E-state index contributed by atoms with van der Waals surface area (Å²) in [6.07, 6.45) is 1.12. The van der Waals surface area contributed by atoms with E-state index in [1.54, 1.807) is 7.05 Å². The molecule has 1 aliphatic carbocycles. The topological polar surface area (TPSA) is 68.0 Å². The van der Waals surface area contributed by atoms with Gasteiger partial charge in [0.2, 0.25) is 11.8 Å². The maximum absolute atomic E-state index is 11.3. The van der Waals surface area contributed by atoms with E-state index in [9.17, 15) is 4.79 Å². The average Bonchev–Trinajstić information content (AvgIpc) is 3.12. The lowest BCUT2D eigenvalue weighted by atomic mass is 10.1. The molecule has 104 valence electrons. The monoisotopic (exact) mass is 291 g/mol. The highest BCUT2D eigenvalue weighted by atomic mass is 35.5. The number of hydrogen-bond acceptors (Lipinski definition) is 4. The minimum atomic E-state index is -0.125. The normalized spacial score (nSPS) is 20.7. The van der Waals surface area contributed by atoms with Crippen LogP contribution in [-0.4, -0.2) is 23.1 Å². The molecule has 5 nitrogen and oxygen atoms in total. The van der Waals surface area contributed by atoms with Gasteiger partial charge in [-0.25, -0.2) is 0 Å². The third-order valence-electron chi connectivity index (χ3n) is 3.47. The maximum Gasteiger partial charge on any atom is 0.230 e. The molecule has 1 aromatic heterocycles. The van der Waals surface area contributed by atoms with Gasteiger partial charge in [-0.15, -0.1) is 0 Å².